The van der Waals surface area contributed by atoms with Crippen molar-refractivity contribution in [2.45, 2.75) is 32.1 Å². The van der Waals surface area contributed by atoms with Gasteiger partial charge in [0.05, 0.1) is 17.6 Å². The van der Waals surface area contributed by atoms with E-state index >= 15 is 0 Å². The summed E-state index contributed by atoms with van der Waals surface area (Å²) in [5, 5.41) is 18.9. The van der Waals surface area contributed by atoms with Crippen molar-refractivity contribution in [2.24, 2.45) is 0 Å². The molecule has 3 aromatic rings. The SMILES string of the molecule is COc1cc(C)cc([C@@H]2CCc3c(-c4ccccc4[N+](=O)[O-])n[nH]c3C2)c1. The molecular formula is C21H21N3O3. The summed E-state index contributed by atoms with van der Waals surface area (Å²) >= 11 is 0. The molecule has 1 aliphatic carbocycles. The number of fused-ring (bicyclic) bond motifs is 1. The fourth-order valence-corrected chi connectivity index (χ4v) is 3.98. The molecule has 0 fully saturated rings. The Morgan fingerprint density at radius 2 is 2.07 bits per heavy atom. The number of nitro groups is 1. The molecule has 0 spiro atoms. The molecule has 1 aromatic heterocycles. The van der Waals surface area contributed by atoms with Gasteiger partial charge >= 0.3 is 0 Å². The van der Waals surface area contributed by atoms with Gasteiger partial charge in [0.2, 0.25) is 0 Å². The number of methoxy groups -OCH3 is 1. The van der Waals surface area contributed by atoms with Crippen molar-refractivity contribution in [2.75, 3.05) is 7.11 Å². The molecule has 1 atom stereocenters. The van der Waals surface area contributed by atoms with Crippen LogP contribution in [-0.2, 0) is 12.8 Å². The number of hydrogen-bond acceptors (Lipinski definition) is 4. The lowest BCUT2D eigenvalue weighted by Crippen LogP contribution is -2.13. The monoisotopic (exact) mass is 363 g/mol. The molecule has 1 aliphatic rings. The average Bonchev–Trinajstić information content (AvgIpc) is 3.10. The van der Waals surface area contributed by atoms with Gasteiger partial charge in [0.15, 0.2) is 0 Å². The highest BCUT2D eigenvalue weighted by molar-refractivity contribution is 5.73. The second kappa shape index (κ2) is 6.87. The second-order valence-electron chi connectivity index (χ2n) is 7.03. The number of nitrogens with one attached hydrogen (secondary N) is 1. The Kier molecular flexibility index (Phi) is 4.39. The molecule has 138 valence electrons. The fraction of sp³-hybridized carbons (Fsp3) is 0.286. The summed E-state index contributed by atoms with van der Waals surface area (Å²) in [6.45, 7) is 2.07. The van der Waals surface area contributed by atoms with Gasteiger partial charge < -0.3 is 4.74 Å². The predicted octanol–water partition coefficient (Wildman–Crippen LogP) is 4.57. The zero-order valence-corrected chi connectivity index (χ0v) is 15.4. The van der Waals surface area contributed by atoms with E-state index in [1.165, 1.54) is 17.2 Å². The average molecular weight is 363 g/mol. The van der Waals surface area contributed by atoms with Crippen LogP contribution in [0.4, 0.5) is 5.69 Å². The molecule has 0 radical (unpaired) electrons. The van der Waals surface area contributed by atoms with Gasteiger partial charge in [-0.1, -0.05) is 18.2 Å². The van der Waals surface area contributed by atoms with E-state index in [0.29, 0.717) is 17.2 Å². The van der Waals surface area contributed by atoms with E-state index in [2.05, 4.69) is 29.3 Å². The van der Waals surface area contributed by atoms with Crippen molar-refractivity contribution < 1.29 is 9.66 Å². The third-order valence-electron chi connectivity index (χ3n) is 5.28. The minimum Gasteiger partial charge on any atom is -0.497 e. The van der Waals surface area contributed by atoms with Crippen molar-refractivity contribution in [1.29, 1.82) is 0 Å². The largest absolute Gasteiger partial charge is 0.497 e. The Morgan fingerprint density at radius 3 is 2.85 bits per heavy atom. The number of nitro benzene ring substituents is 1. The van der Waals surface area contributed by atoms with E-state index in [0.717, 1.165) is 36.3 Å². The highest BCUT2D eigenvalue weighted by atomic mass is 16.6. The molecule has 0 amide bonds. The van der Waals surface area contributed by atoms with Crippen LogP contribution >= 0.6 is 0 Å². The van der Waals surface area contributed by atoms with Gasteiger partial charge in [-0.05, 0) is 61.4 Å². The molecule has 0 saturated heterocycles. The maximum atomic E-state index is 11.4. The Balaban J connectivity index is 1.67. The quantitative estimate of drug-likeness (QED) is 0.544. The molecular weight excluding hydrogens is 342 g/mol. The third-order valence-corrected chi connectivity index (χ3v) is 5.28. The number of benzene rings is 2. The summed E-state index contributed by atoms with van der Waals surface area (Å²) < 4.78 is 5.41. The number of rotatable bonds is 4. The minimum atomic E-state index is -0.346. The van der Waals surface area contributed by atoms with Crippen LogP contribution in [0.1, 0.15) is 34.7 Å². The molecule has 1 N–H and O–H groups in total. The molecule has 0 aliphatic heterocycles. The van der Waals surface area contributed by atoms with Crippen LogP contribution in [-0.4, -0.2) is 22.2 Å². The third kappa shape index (κ3) is 3.18. The molecule has 6 heteroatoms. The topological polar surface area (TPSA) is 81.1 Å². The first kappa shape index (κ1) is 17.3. The zero-order chi connectivity index (χ0) is 19.0. The summed E-state index contributed by atoms with van der Waals surface area (Å²) in [5.74, 6) is 1.26. The summed E-state index contributed by atoms with van der Waals surface area (Å²) in [4.78, 5) is 11.0. The fourth-order valence-electron chi connectivity index (χ4n) is 3.98. The van der Waals surface area contributed by atoms with E-state index in [-0.39, 0.29) is 10.6 Å². The number of hydrogen-bond donors (Lipinski definition) is 1. The van der Waals surface area contributed by atoms with Gasteiger partial charge in [-0.15, -0.1) is 0 Å². The summed E-state index contributed by atoms with van der Waals surface area (Å²) in [7, 11) is 1.69. The van der Waals surface area contributed by atoms with Crippen LogP contribution in [0.15, 0.2) is 42.5 Å². The summed E-state index contributed by atoms with van der Waals surface area (Å²) in [6.07, 6.45) is 2.66. The molecule has 4 rings (SSSR count). The van der Waals surface area contributed by atoms with Crippen LogP contribution in [0, 0.1) is 17.0 Å². The van der Waals surface area contributed by atoms with Gasteiger partial charge in [0.25, 0.3) is 5.69 Å². The lowest BCUT2D eigenvalue weighted by Gasteiger charge is -2.23. The molecule has 6 nitrogen and oxygen atoms in total. The van der Waals surface area contributed by atoms with Crippen molar-refractivity contribution >= 4 is 5.69 Å². The number of aromatic amines is 1. The lowest BCUT2D eigenvalue weighted by molar-refractivity contribution is -0.384. The molecule has 0 saturated carbocycles. The number of aromatic nitrogens is 2. The standard InChI is InChI=1S/C21H21N3O3/c1-13-9-15(11-16(10-13)27-2)14-7-8-17-19(12-14)22-23-21(17)18-5-3-4-6-20(18)24(25)26/h3-6,9-11,14H,7-8,12H2,1-2H3,(H,22,23)/t14-/m1/s1. The van der Waals surface area contributed by atoms with Crippen LogP contribution < -0.4 is 4.74 Å². The molecule has 0 bridgehead atoms. The first-order valence-electron chi connectivity index (χ1n) is 9.02. The normalized spacial score (nSPS) is 16.0. The van der Waals surface area contributed by atoms with E-state index < -0.39 is 0 Å². The molecule has 0 unspecified atom stereocenters. The van der Waals surface area contributed by atoms with E-state index in [9.17, 15) is 10.1 Å². The van der Waals surface area contributed by atoms with Crippen molar-refractivity contribution in [3.05, 3.63) is 75.0 Å². The smallest absolute Gasteiger partial charge is 0.278 e. The summed E-state index contributed by atoms with van der Waals surface area (Å²) in [5.41, 5.74) is 5.99. The first-order chi connectivity index (χ1) is 13.1. The molecule has 1 heterocycles. The number of para-hydroxylation sites is 1. The van der Waals surface area contributed by atoms with Crippen LogP contribution in [0.3, 0.4) is 0 Å². The Morgan fingerprint density at radius 1 is 1.26 bits per heavy atom. The van der Waals surface area contributed by atoms with E-state index in [1.807, 2.05) is 12.1 Å². The van der Waals surface area contributed by atoms with Crippen LogP contribution in [0.5, 0.6) is 5.75 Å². The Hall–Kier alpha value is -3.15. The minimum absolute atomic E-state index is 0.0948. The van der Waals surface area contributed by atoms with Crippen LogP contribution in [0.2, 0.25) is 0 Å². The van der Waals surface area contributed by atoms with Crippen molar-refractivity contribution in [3.63, 3.8) is 0 Å². The highest BCUT2D eigenvalue weighted by Gasteiger charge is 2.28. The number of H-pyrrole nitrogens is 1. The Labute approximate surface area is 157 Å². The maximum absolute atomic E-state index is 11.4. The predicted molar refractivity (Wildman–Crippen MR) is 103 cm³/mol. The molecule has 2 aromatic carbocycles. The number of nitrogens with zero attached hydrogens (tertiary/aromatic N) is 2. The van der Waals surface area contributed by atoms with Gasteiger partial charge in [0, 0.05) is 17.3 Å². The van der Waals surface area contributed by atoms with E-state index in [4.69, 9.17) is 4.74 Å². The van der Waals surface area contributed by atoms with Gasteiger partial charge in [-0.25, -0.2) is 0 Å². The van der Waals surface area contributed by atoms with Gasteiger partial charge in [-0.2, -0.15) is 5.10 Å². The number of aryl methyl sites for hydroxylation is 1. The van der Waals surface area contributed by atoms with Crippen LogP contribution in [0.25, 0.3) is 11.3 Å². The van der Waals surface area contributed by atoms with Crippen molar-refractivity contribution in [1.82, 2.24) is 10.2 Å². The van der Waals surface area contributed by atoms with Crippen molar-refractivity contribution in [3.8, 4) is 17.0 Å². The first-order valence-corrected chi connectivity index (χ1v) is 9.02. The van der Waals surface area contributed by atoms with E-state index in [1.54, 1.807) is 19.2 Å². The maximum Gasteiger partial charge on any atom is 0.278 e. The van der Waals surface area contributed by atoms with Gasteiger partial charge in [-0.3, -0.25) is 15.2 Å². The van der Waals surface area contributed by atoms with Gasteiger partial charge in [0.1, 0.15) is 11.4 Å². The Bertz CT molecular complexity index is 1010. The second-order valence-corrected chi connectivity index (χ2v) is 7.03. The zero-order valence-electron chi connectivity index (χ0n) is 15.4. The number of ether oxygens (including phenoxy) is 1. The highest BCUT2D eigenvalue weighted by Crippen LogP contribution is 2.39. The molecule has 27 heavy (non-hydrogen) atoms. The summed E-state index contributed by atoms with van der Waals surface area (Å²) in [6, 6.07) is 13.1. The lowest BCUT2D eigenvalue weighted by atomic mass is 9.81.